The van der Waals surface area contributed by atoms with Gasteiger partial charge in [0.1, 0.15) is 0 Å². The molecule has 0 aliphatic heterocycles. The fraction of sp³-hybridized carbons (Fsp3) is 0.455. The Balaban J connectivity index is 2.26. The fourth-order valence-electron chi connectivity index (χ4n) is 1.80. The van der Waals surface area contributed by atoms with Crippen LogP contribution in [-0.2, 0) is 12.8 Å². The number of rotatable bonds is 2. The predicted octanol–water partition coefficient (Wildman–Crippen LogP) is 3.29. The van der Waals surface area contributed by atoms with Gasteiger partial charge >= 0.3 is 0 Å². The number of hydrogen-bond acceptors (Lipinski definition) is 1. The van der Waals surface area contributed by atoms with Crippen LogP contribution in [0.4, 0.5) is 0 Å². The Kier molecular flexibility index (Phi) is 2.40. The topological polar surface area (TPSA) is 0 Å². The highest BCUT2D eigenvalue weighted by molar-refractivity contribution is 7.99. The summed E-state index contributed by atoms with van der Waals surface area (Å²) in [5.41, 5.74) is 3.17. The summed E-state index contributed by atoms with van der Waals surface area (Å²) in [5.74, 6) is 1.18. The van der Waals surface area contributed by atoms with Gasteiger partial charge < -0.3 is 0 Å². The zero-order chi connectivity index (χ0) is 8.39. The van der Waals surface area contributed by atoms with Gasteiger partial charge in [-0.15, -0.1) is 11.8 Å². The molecule has 2 rings (SSSR count). The Morgan fingerprint density at radius 1 is 1.25 bits per heavy atom. The molecule has 0 nitrogen and oxygen atoms in total. The Morgan fingerprint density at radius 3 is 2.92 bits per heavy atom. The van der Waals surface area contributed by atoms with Crippen molar-refractivity contribution in [3.05, 3.63) is 29.3 Å². The maximum absolute atomic E-state index is 2.37. The number of benzene rings is 1. The van der Waals surface area contributed by atoms with Crippen LogP contribution in [0, 0.1) is 0 Å². The lowest BCUT2D eigenvalue weighted by Crippen LogP contribution is -1.82. The average molecular weight is 178 g/mol. The van der Waals surface area contributed by atoms with Crippen LogP contribution in [0.3, 0.4) is 0 Å². The van der Waals surface area contributed by atoms with E-state index in [1.807, 2.05) is 11.8 Å². The second-order valence-electron chi connectivity index (χ2n) is 3.22. The van der Waals surface area contributed by atoms with Crippen LogP contribution in [0.5, 0.6) is 0 Å². The van der Waals surface area contributed by atoms with Crippen molar-refractivity contribution in [3.8, 4) is 0 Å². The third kappa shape index (κ3) is 1.51. The molecule has 0 radical (unpaired) electrons. The van der Waals surface area contributed by atoms with E-state index in [-0.39, 0.29) is 0 Å². The van der Waals surface area contributed by atoms with Gasteiger partial charge in [-0.3, -0.25) is 0 Å². The van der Waals surface area contributed by atoms with Gasteiger partial charge in [0.2, 0.25) is 0 Å². The highest BCUT2D eigenvalue weighted by Gasteiger charge is 2.10. The lowest BCUT2D eigenvalue weighted by atomic mass is 10.1. The van der Waals surface area contributed by atoms with E-state index in [9.17, 15) is 0 Å². The largest absolute Gasteiger partial charge is 0.126 e. The molecule has 0 unspecified atom stereocenters. The molecule has 1 aromatic carbocycles. The molecule has 0 N–H and O–H groups in total. The summed E-state index contributed by atoms with van der Waals surface area (Å²) in [6, 6.07) is 6.94. The van der Waals surface area contributed by atoms with Crippen LogP contribution in [0.2, 0.25) is 0 Å². The van der Waals surface area contributed by atoms with Gasteiger partial charge in [-0.1, -0.05) is 13.0 Å². The maximum atomic E-state index is 2.37. The van der Waals surface area contributed by atoms with Crippen molar-refractivity contribution in [1.82, 2.24) is 0 Å². The van der Waals surface area contributed by atoms with Crippen molar-refractivity contribution in [1.29, 1.82) is 0 Å². The molecule has 12 heavy (non-hydrogen) atoms. The third-order valence-electron chi connectivity index (χ3n) is 2.38. The first-order valence-electron chi connectivity index (χ1n) is 4.65. The van der Waals surface area contributed by atoms with E-state index in [2.05, 4.69) is 25.1 Å². The van der Waals surface area contributed by atoms with Gasteiger partial charge in [0.05, 0.1) is 0 Å². The first-order chi connectivity index (χ1) is 5.90. The third-order valence-corrected chi connectivity index (χ3v) is 3.26. The normalized spacial score (nSPS) is 14.8. The number of thioether (sulfide) groups is 1. The summed E-state index contributed by atoms with van der Waals surface area (Å²) < 4.78 is 0. The molecule has 0 saturated carbocycles. The average Bonchev–Trinajstić information content (AvgIpc) is 2.51. The molecule has 1 aliphatic carbocycles. The van der Waals surface area contributed by atoms with E-state index in [4.69, 9.17) is 0 Å². The first-order valence-corrected chi connectivity index (χ1v) is 5.63. The predicted molar refractivity (Wildman–Crippen MR) is 54.9 cm³/mol. The van der Waals surface area contributed by atoms with Crippen molar-refractivity contribution in [2.75, 3.05) is 5.75 Å². The SMILES string of the molecule is CCSc1ccc2c(c1)CCC2. The van der Waals surface area contributed by atoms with Crippen molar-refractivity contribution < 1.29 is 0 Å². The first kappa shape index (κ1) is 8.18. The molecule has 64 valence electrons. The summed E-state index contributed by atoms with van der Waals surface area (Å²) in [6.07, 6.45) is 3.95. The molecule has 1 heteroatoms. The lowest BCUT2D eigenvalue weighted by molar-refractivity contribution is 0.911. The van der Waals surface area contributed by atoms with Crippen molar-refractivity contribution >= 4 is 11.8 Å². The minimum atomic E-state index is 1.18. The van der Waals surface area contributed by atoms with Gasteiger partial charge in [-0.25, -0.2) is 0 Å². The second-order valence-corrected chi connectivity index (χ2v) is 4.55. The number of aryl methyl sites for hydroxylation is 2. The molecule has 0 saturated heterocycles. The molecule has 0 spiro atoms. The minimum Gasteiger partial charge on any atom is -0.126 e. The highest BCUT2D eigenvalue weighted by Crippen LogP contribution is 2.27. The lowest BCUT2D eigenvalue weighted by Gasteiger charge is -2.02. The van der Waals surface area contributed by atoms with E-state index >= 15 is 0 Å². The Morgan fingerprint density at radius 2 is 2.08 bits per heavy atom. The van der Waals surface area contributed by atoms with E-state index in [1.54, 1.807) is 11.1 Å². The van der Waals surface area contributed by atoms with Crippen molar-refractivity contribution in [2.45, 2.75) is 31.1 Å². The van der Waals surface area contributed by atoms with Crippen molar-refractivity contribution in [2.24, 2.45) is 0 Å². The van der Waals surface area contributed by atoms with E-state index in [0.717, 1.165) is 0 Å². The summed E-state index contributed by atoms with van der Waals surface area (Å²) in [7, 11) is 0. The molecule has 0 aromatic heterocycles. The van der Waals surface area contributed by atoms with Crippen LogP contribution in [0.25, 0.3) is 0 Å². The molecule has 1 aromatic rings. The minimum absolute atomic E-state index is 1.18. The molecule has 0 bridgehead atoms. The Labute approximate surface area is 78.4 Å². The monoisotopic (exact) mass is 178 g/mol. The molecule has 0 heterocycles. The van der Waals surface area contributed by atoms with Crippen molar-refractivity contribution in [3.63, 3.8) is 0 Å². The maximum Gasteiger partial charge on any atom is 0.00747 e. The van der Waals surface area contributed by atoms with E-state index in [1.165, 1.54) is 29.9 Å². The molecule has 1 aliphatic rings. The molecular formula is C11H14S. The Hall–Kier alpha value is -0.430. The van der Waals surface area contributed by atoms with Gasteiger partial charge in [0, 0.05) is 4.90 Å². The van der Waals surface area contributed by atoms with Gasteiger partial charge in [0.25, 0.3) is 0 Å². The standard InChI is InChI=1S/C11H14S/c1-2-12-11-7-6-9-4-3-5-10(9)8-11/h6-8H,2-5H2,1H3. The zero-order valence-electron chi connectivity index (χ0n) is 7.47. The Bertz CT molecular complexity index is 278. The summed E-state index contributed by atoms with van der Waals surface area (Å²) >= 11 is 1.94. The number of hydrogen-bond donors (Lipinski definition) is 0. The summed E-state index contributed by atoms with van der Waals surface area (Å²) in [5, 5.41) is 0. The van der Waals surface area contributed by atoms with Gasteiger partial charge in [-0.05, 0) is 48.3 Å². The smallest absolute Gasteiger partial charge is 0.00747 e. The summed E-state index contributed by atoms with van der Waals surface area (Å²) in [4.78, 5) is 1.44. The molecule has 0 amide bonds. The van der Waals surface area contributed by atoms with Crippen LogP contribution in [0.15, 0.2) is 23.1 Å². The second kappa shape index (κ2) is 3.53. The van der Waals surface area contributed by atoms with Gasteiger partial charge in [-0.2, -0.15) is 0 Å². The fourth-order valence-corrected chi connectivity index (χ4v) is 2.53. The van der Waals surface area contributed by atoms with Crippen LogP contribution in [-0.4, -0.2) is 5.75 Å². The zero-order valence-corrected chi connectivity index (χ0v) is 8.29. The number of fused-ring (bicyclic) bond motifs is 1. The highest BCUT2D eigenvalue weighted by atomic mass is 32.2. The summed E-state index contributed by atoms with van der Waals surface area (Å²) in [6.45, 7) is 2.21. The van der Waals surface area contributed by atoms with E-state index < -0.39 is 0 Å². The van der Waals surface area contributed by atoms with Crippen LogP contribution in [0.1, 0.15) is 24.5 Å². The molecular weight excluding hydrogens is 164 g/mol. The molecule has 0 fully saturated rings. The van der Waals surface area contributed by atoms with E-state index in [0.29, 0.717) is 0 Å². The quantitative estimate of drug-likeness (QED) is 0.626. The van der Waals surface area contributed by atoms with Crippen LogP contribution < -0.4 is 0 Å². The van der Waals surface area contributed by atoms with Gasteiger partial charge in [0.15, 0.2) is 0 Å². The molecule has 0 atom stereocenters. The van der Waals surface area contributed by atoms with Crippen LogP contribution >= 0.6 is 11.8 Å².